The lowest BCUT2D eigenvalue weighted by atomic mass is 9.97. The number of aryl methyl sites for hydroxylation is 1. The number of piperidine rings is 1. The maximum absolute atomic E-state index is 12.3. The number of nitrogens with zero attached hydrogens (tertiary/aromatic N) is 2. The van der Waals surface area contributed by atoms with Gasteiger partial charge >= 0.3 is 5.97 Å². The molecule has 5 heteroatoms. The number of amides is 1. The first kappa shape index (κ1) is 13.5. The lowest BCUT2D eigenvalue weighted by Gasteiger charge is -2.31. The standard InChI is InChI=1S/C14H18N2O3/c1-10-5-6-11(8-15-10)13(17)16-7-3-4-12(9-16)14(18)19-2/h5-6,8,12H,3-4,7,9H2,1-2H3/t12-/m0/s1. The van der Waals surface area contributed by atoms with Crippen molar-refractivity contribution in [2.24, 2.45) is 5.92 Å². The van der Waals surface area contributed by atoms with Gasteiger partial charge in [-0.3, -0.25) is 14.6 Å². The van der Waals surface area contributed by atoms with Gasteiger partial charge in [0.25, 0.3) is 5.91 Å². The predicted octanol–water partition coefficient (Wildman–Crippen LogP) is 1.42. The van der Waals surface area contributed by atoms with Crippen LogP contribution in [0.15, 0.2) is 18.3 Å². The molecule has 0 spiro atoms. The van der Waals surface area contributed by atoms with Crippen molar-refractivity contribution >= 4 is 11.9 Å². The molecule has 0 unspecified atom stereocenters. The zero-order valence-corrected chi connectivity index (χ0v) is 11.3. The maximum Gasteiger partial charge on any atom is 0.310 e. The molecule has 1 aromatic heterocycles. The first-order valence-electron chi connectivity index (χ1n) is 6.41. The second-order valence-corrected chi connectivity index (χ2v) is 4.80. The first-order chi connectivity index (χ1) is 9.11. The molecule has 1 atom stereocenters. The minimum absolute atomic E-state index is 0.0684. The number of carbonyl (C=O) groups is 2. The second-order valence-electron chi connectivity index (χ2n) is 4.80. The largest absolute Gasteiger partial charge is 0.469 e. The molecule has 19 heavy (non-hydrogen) atoms. The van der Waals surface area contributed by atoms with Gasteiger partial charge in [0.2, 0.25) is 0 Å². The average Bonchev–Trinajstić information content (AvgIpc) is 2.46. The third-order valence-corrected chi connectivity index (χ3v) is 3.40. The molecule has 0 radical (unpaired) electrons. The molecule has 0 bridgehead atoms. The summed E-state index contributed by atoms with van der Waals surface area (Å²) in [4.78, 5) is 29.7. The maximum atomic E-state index is 12.3. The molecule has 1 aromatic rings. The number of hydrogen-bond donors (Lipinski definition) is 0. The van der Waals surface area contributed by atoms with Crippen molar-refractivity contribution in [3.05, 3.63) is 29.6 Å². The van der Waals surface area contributed by atoms with Crippen LogP contribution in [0, 0.1) is 12.8 Å². The summed E-state index contributed by atoms with van der Waals surface area (Å²) in [6.45, 7) is 2.99. The molecule has 1 amide bonds. The van der Waals surface area contributed by atoms with Crippen LogP contribution in [0.25, 0.3) is 0 Å². The molecule has 102 valence electrons. The van der Waals surface area contributed by atoms with E-state index in [0.717, 1.165) is 18.5 Å². The van der Waals surface area contributed by atoms with E-state index in [0.29, 0.717) is 18.7 Å². The summed E-state index contributed by atoms with van der Waals surface area (Å²) in [6, 6.07) is 3.58. The van der Waals surface area contributed by atoms with E-state index in [4.69, 9.17) is 4.74 Å². The van der Waals surface area contributed by atoms with Gasteiger partial charge in [0.1, 0.15) is 0 Å². The van der Waals surface area contributed by atoms with Gasteiger partial charge in [-0.15, -0.1) is 0 Å². The molecular formula is C14H18N2O3. The van der Waals surface area contributed by atoms with Gasteiger partial charge in [-0.05, 0) is 31.9 Å². The van der Waals surface area contributed by atoms with Gasteiger partial charge in [0.05, 0.1) is 18.6 Å². The molecule has 2 heterocycles. The zero-order valence-electron chi connectivity index (χ0n) is 11.3. The average molecular weight is 262 g/mol. The minimum Gasteiger partial charge on any atom is -0.469 e. The highest BCUT2D eigenvalue weighted by atomic mass is 16.5. The molecule has 1 saturated heterocycles. The van der Waals surface area contributed by atoms with Crippen molar-refractivity contribution < 1.29 is 14.3 Å². The molecule has 0 N–H and O–H groups in total. The Morgan fingerprint density at radius 1 is 1.42 bits per heavy atom. The summed E-state index contributed by atoms with van der Waals surface area (Å²) in [5.41, 5.74) is 1.44. The third-order valence-electron chi connectivity index (χ3n) is 3.40. The van der Waals surface area contributed by atoms with Crippen molar-refractivity contribution in [2.45, 2.75) is 19.8 Å². The predicted molar refractivity (Wildman–Crippen MR) is 69.6 cm³/mol. The fraction of sp³-hybridized carbons (Fsp3) is 0.500. The Labute approximate surface area is 112 Å². The summed E-state index contributed by atoms with van der Waals surface area (Å²) in [7, 11) is 1.38. The van der Waals surface area contributed by atoms with Crippen molar-refractivity contribution in [2.75, 3.05) is 20.2 Å². The van der Waals surface area contributed by atoms with Crippen LogP contribution in [0.2, 0.25) is 0 Å². The van der Waals surface area contributed by atoms with Crippen LogP contribution in [-0.2, 0) is 9.53 Å². The topological polar surface area (TPSA) is 59.5 Å². The summed E-state index contributed by atoms with van der Waals surface area (Å²) < 4.78 is 4.75. The van der Waals surface area contributed by atoms with Crippen LogP contribution >= 0.6 is 0 Å². The zero-order chi connectivity index (χ0) is 13.8. The Morgan fingerprint density at radius 2 is 2.21 bits per heavy atom. The highest BCUT2D eigenvalue weighted by Gasteiger charge is 2.29. The van der Waals surface area contributed by atoms with Crippen molar-refractivity contribution in [1.29, 1.82) is 0 Å². The molecule has 2 rings (SSSR count). The van der Waals surface area contributed by atoms with E-state index >= 15 is 0 Å². The monoisotopic (exact) mass is 262 g/mol. The molecule has 1 aliphatic heterocycles. The SMILES string of the molecule is COC(=O)[C@H]1CCCN(C(=O)c2ccc(C)nc2)C1. The number of rotatable bonds is 2. The normalized spacial score (nSPS) is 19.1. The Morgan fingerprint density at radius 3 is 2.84 bits per heavy atom. The number of likely N-dealkylation sites (tertiary alicyclic amines) is 1. The Bertz CT molecular complexity index is 470. The quantitative estimate of drug-likeness (QED) is 0.756. The molecule has 5 nitrogen and oxygen atoms in total. The Kier molecular flexibility index (Phi) is 4.14. The van der Waals surface area contributed by atoms with Gasteiger partial charge < -0.3 is 9.64 Å². The second kappa shape index (κ2) is 5.82. The van der Waals surface area contributed by atoms with Crippen LogP contribution in [0.3, 0.4) is 0 Å². The lowest BCUT2D eigenvalue weighted by Crippen LogP contribution is -2.42. The number of carbonyl (C=O) groups excluding carboxylic acids is 2. The smallest absolute Gasteiger partial charge is 0.310 e. The van der Waals surface area contributed by atoms with Crippen LogP contribution in [0.4, 0.5) is 0 Å². The highest BCUT2D eigenvalue weighted by Crippen LogP contribution is 2.19. The van der Waals surface area contributed by atoms with Crippen molar-refractivity contribution in [3.8, 4) is 0 Å². The fourth-order valence-electron chi connectivity index (χ4n) is 2.30. The molecule has 1 fully saturated rings. The number of ether oxygens (including phenoxy) is 1. The summed E-state index contributed by atoms with van der Waals surface area (Å²) in [6.07, 6.45) is 3.19. The summed E-state index contributed by atoms with van der Waals surface area (Å²) in [5, 5.41) is 0. The van der Waals surface area contributed by atoms with Gasteiger partial charge in [0.15, 0.2) is 0 Å². The van der Waals surface area contributed by atoms with Crippen LogP contribution in [-0.4, -0.2) is 42.0 Å². The van der Waals surface area contributed by atoms with Gasteiger partial charge in [0, 0.05) is 25.0 Å². The molecular weight excluding hydrogens is 244 g/mol. The number of aromatic nitrogens is 1. The third kappa shape index (κ3) is 3.10. The Hall–Kier alpha value is -1.91. The highest BCUT2D eigenvalue weighted by molar-refractivity contribution is 5.94. The number of methoxy groups -OCH3 is 1. The van der Waals surface area contributed by atoms with E-state index in [-0.39, 0.29) is 17.8 Å². The van der Waals surface area contributed by atoms with E-state index in [1.54, 1.807) is 17.2 Å². The number of hydrogen-bond acceptors (Lipinski definition) is 4. The molecule has 0 saturated carbocycles. The number of pyridine rings is 1. The lowest BCUT2D eigenvalue weighted by molar-refractivity contribution is -0.146. The van der Waals surface area contributed by atoms with E-state index < -0.39 is 0 Å². The van der Waals surface area contributed by atoms with Crippen molar-refractivity contribution in [1.82, 2.24) is 9.88 Å². The van der Waals surface area contributed by atoms with Crippen LogP contribution in [0.5, 0.6) is 0 Å². The van der Waals surface area contributed by atoms with Gasteiger partial charge in [-0.2, -0.15) is 0 Å². The van der Waals surface area contributed by atoms with Crippen LogP contribution < -0.4 is 0 Å². The fourth-order valence-corrected chi connectivity index (χ4v) is 2.30. The van der Waals surface area contributed by atoms with E-state index in [2.05, 4.69) is 4.98 Å². The molecule has 0 aliphatic carbocycles. The Balaban J connectivity index is 2.06. The molecule has 1 aliphatic rings. The van der Waals surface area contributed by atoms with Crippen molar-refractivity contribution in [3.63, 3.8) is 0 Å². The van der Waals surface area contributed by atoms with Gasteiger partial charge in [-0.25, -0.2) is 0 Å². The minimum atomic E-state index is -0.237. The molecule has 0 aromatic carbocycles. The number of esters is 1. The van der Waals surface area contributed by atoms with E-state index in [9.17, 15) is 9.59 Å². The van der Waals surface area contributed by atoms with E-state index in [1.165, 1.54) is 7.11 Å². The summed E-state index contributed by atoms with van der Waals surface area (Å²) in [5.74, 6) is -0.512. The van der Waals surface area contributed by atoms with E-state index in [1.807, 2.05) is 13.0 Å². The van der Waals surface area contributed by atoms with Gasteiger partial charge in [-0.1, -0.05) is 0 Å². The van der Waals surface area contributed by atoms with Crippen LogP contribution in [0.1, 0.15) is 28.9 Å². The summed E-state index contributed by atoms with van der Waals surface area (Å²) >= 11 is 0. The first-order valence-corrected chi connectivity index (χ1v) is 6.41.